The lowest BCUT2D eigenvalue weighted by molar-refractivity contribution is -0.139. The Morgan fingerprint density at radius 3 is 2.67 bits per heavy atom. The summed E-state index contributed by atoms with van der Waals surface area (Å²) in [5.74, 6) is -0.313. The van der Waals surface area contributed by atoms with Gasteiger partial charge in [-0.2, -0.15) is 18.4 Å². The molecule has 0 N–H and O–H groups in total. The van der Waals surface area contributed by atoms with E-state index in [1.807, 2.05) is 0 Å². The number of ether oxygens (including phenoxy) is 1. The summed E-state index contributed by atoms with van der Waals surface area (Å²) in [5, 5.41) is 8.69. The van der Waals surface area contributed by atoms with E-state index in [1.54, 1.807) is 31.3 Å². The quantitative estimate of drug-likeness (QED) is 0.863. The predicted molar refractivity (Wildman–Crippen MR) is 69.5 cm³/mol. The highest BCUT2D eigenvalue weighted by Gasteiger charge is 2.34. The number of hydrogen-bond acceptors (Lipinski definition) is 3. The van der Waals surface area contributed by atoms with Crippen molar-refractivity contribution in [1.82, 2.24) is 4.98 Å². The average molecular weight is 292 g/mol. The zero-order chi connectivity index (χ0) is 15.5. The number of benzene rings is 1. The summed E-state index contributed by atoms with van der Waals surface area (Å²) in [5.41, 5.74) is 0.369. The molecule has 2 rings (SSSR count). The van der Waals surface area contributed by atoms with E-state index in [0.717, 1.165) is 17.7 Å². The van der Waals surface area contributed by atoms with Gasteiger partial charge in [-0.15, -0.1) is 0 Å². The van der Waals surface area contributed by atoms with E-state index >= 15 is 0 Å². The first-order valence-electron chi connectivity index (χ1n) is 6.06. The van der Waals surface area contributed by atoms with Gasteiger partial charge in [-0.25, -0.2) is 0 Å². The monoisotopic (exact) mass is 292 g/mol. The van der Waals surface area contributed by atoms with Gasteiger partial charge in [0, 0.05) is 6.20 Å². The number of pyridine rings is 1. The lowest BCUT2D eigenvalue weighted by Crippen LogP contribution is -2.10. The molecule has 0 bridgehead atoms. The Hall–Kier alpha value is -2.55. The molecule has 0 spiro atoms. The SMILES string of the molecule is Cc1cccnc1COc1ccc(C#N)cc1C(F)(F)F. The van der Waals surface area contributed by atoms with Crippen molar-refractivity contribution in [2.45, 2.75) is 19.7 Å². The molecule has 0 unspecified atom stereocenters. The molecule has 0 radical (unpaired) electrons. The van der Waals surface area contributed by atoms with Crippen LogP contribution in [0, 0.1) is 18.3 Å². The molecule has 0 aliphatic rings. The van der Waals surface area contributed by atoms with Crippen molar-refractivity contribution in [3.63, 3.8) is 0 Å². The molecule has 1 aromatic carbocycles. The minimum absolute atomic E-state index is 0.0660. The fraction of sp³-hybridized carbons (Fsp3) is 0.200. The molecule has 0 amide bonds. The van der Waals surface area contributed by atoms with Crippen molar-refractivity contribution < 1.29 is 17.9 Å². The highest BCUT2D eigenvalue weighted by Crippen LogP contribution is 2.37. The van der Waals surface area contributed by atoms with Gasteiger partial charge in [-0.05, 0) is 36.8 Å². The third-order valence-electron chi connectivity index (χ3n) is 2.90. The van der Waals surface area contributed by atoms with Crippen molar-refractivity contribution in [2.24, 2.45) is 0 Å². The highest BCUT2D eigenvalue weighted by atomic mass is 19.4. The van der Waals surface area contributed by atoms with Crippen LogP contribution in [0.5, 0.6) is 5.75 Å². The molecule has 1 heterocycles. The van der Waals surface area contributed by atoms with Crippen molar-refractivity contribution in [2.75, 3.05) is 0 Å². The number of hydrogen-bond donors (Lipinski definition) is 0. The highest BCUT2D eigenvalue weighted by molar-refractivity contribution is 5.43. The van der Waals surface area contributed by atoms with Gasteiger partial charge in [0.25, 0.3) is 0 Å². The second kappa shape index (κ2) is 5.83. The van der Waals surface area contributed by atoms with Crippen molar-refractivity contribution in [1.29, 1.82) is 5.26 Å². The lowest BCUT2D eigenvalue weighted by atomic mass is 10.1. The van der Waals surface area contributed by atoms with Gasteiger partial charge >= 0.3 is 6.18 Å². The van der Waals surface area contributed by atoms with Crippen molar-refractivity contribution in [3.05, 3.63) is 58.9 Å². The lowest BCUT2D eigenvalue weighted by Gasteiger charge is -2.14. The molecule has 0 fully saturated rings. The minimum atomic E-state index is -4.58. The molecule has 108 valence electrons. The summed E-state index contributed by atoms with van der Waals surface area (Å²) in [6.07, 6.45) is -3.03. The molecule has 21 heavy (non-hydrogen) atoms. The molecular formula is C15H11F3N2O. The second-order valence-corrected chi connectivity index (χ2v) is 4.38. The van der Waals surface area contributed by atoms with Gasteiger partial charge in [0.1, 0.15) is 12.4 Å². The Morgan fingerprint density at radius 2 is 2.05 bits per heavy atom. The van der Waals surface area contributed by atoms with E-state index in [-0.39, 0.29) is 17.9 Å². The molecule has 2 aromatic rings. The Kier molecular flexibility index (Phi) is 4.13. The van der Waals surface area contributed by atoms with Gasteiger partial charge < -0.3 is 4.74 Å². The van der Waals surface area contributed by atoms with Gasteiger partial charge in [-0.3, -0.25) is 4.98 Å². The smallest absolute Gasteiger partial charge is 0.420 e. The largest absolute Gasteiger partial charge is 0.487 e. The Balaban J connectivity index is 2.28. The third-order valence-corrected chi connectivity index (χ3v) is 2.90. The second-order valence-electron chi connectivity index (χ2n) is 4.38. The first-order valence-corrected chi connectivity index (χ1v) is 6.06. The van der Waals surface area contributed by atoms with E-state index in [4.69, 9.17) is 10.00 Å². The third kappa shape index (κ3) is 3.51. The molecule has 3 nitrogen and oxygen atoms in total. The first kappa shape index (κ1) is 14.9. The minimum Gasteiger partial charge on any atom is -0.487 e. The maximum Gasteiger partial charge on any atom is 0.420 e. The normalized spacial score (nSPS) is 11.0. The molecule has 0 aliphatic carbocycles. The number of aromatic nitrogens is 1. The van der Waals surface area contributed by atoms with E-state index in [0.29, 0.717) is 5.69 Å². The molecule has 0 atom stereocenters. The predicted octanol–water partition coefficient (Wildman–Crippen LogP) is 3.86. The zero-order valence-electron chi connectivity index (χ0n) is 11.1. The summed E-state index contributed by atoms with van der Waals surface area (Å²) in [7, 11) is 0. The zero-order valence-corrected chi connectivity index (χ0v) is 11.1. The molecule has 0 saturated heterocycles. The van der Waals surface area contributed by atoms with Crippen molar-refractivity contribution >= 4 is 0 Å². The van der Waals surface area contributed by atoms with Crippen LogP contribution in [0.1, 0.15) is 22.4 Å². The van der Waals surface area contributed by atoms with Crippen molar-refractivity contribution in [3.8, 4) is 11.8 Å². The van der Waals surface area contributed by atoms with Gasteiger partial charge in [0.15, 0.2) is 0 Å². The molecular weight excluding hydrogens is 281 g/mol. The fourth-order valence-corrected chi connectivity index (χ4v) is 1.76. The molecule has 0 aliphatic heterocycles. The summed E-state index contributed by atoms with van der Waals surface area (Å²) < 4.78 is 44.1. The first-order chi connectivity index (χ1) is 9.91. The fourth-order valence-electron chi connectivity index (χ4n) is 1.76. The summed E-state index contributed by atoms with van der Waals surface area (Å²) in [6.45, 7) is 1.73. The maximum absolute atomic E-state index is 13.0. The topological polar surface area (TPSA) is 45.9 Å². The van der Waals surface area contributed by atoms with Crippen LogP contribution in [0.4, 0.5) is 13.2 Å². The van der Waals surface area contributed by atoms with Gasteiger partial charge in [0.2, 0.25) is 0 Å². The van der Waals surface area contributed by atoms with Gasteiger partial charge in [-0.1, -0.05) is 6.07 Å². The van der Waals surface area contributed by atoms with Crippen LogP contribution < -0.4 is 4.74 Å². The Morgan fingerprint density at radius 1 is 1.29 bits per heavy atom. The number of aryl methyl sites for hydroxylation is 1. The maximum atomic E-state index is 13.0. The Bertz CT molecular complexity index is 690. The number of nitrogens with zero attached hydrogens (tertiary/aromatic N) is 2. The molecule has 0 saturated carbocycles. The van der Waals surface area contributed by atoms with Gasteiger partial charge in [0.05, 0.1) is 22.9 Å². The summed E-state index contributed by atoms with van der Waals surface area (Å²) in [6, 6.07) is 8.44. The number of halogens is 3. The molecule has 6 heteroatoms. The Labute approximate surface area is 119 Å². The average Bonchev–Trinajstić information content (AvgIpc) is 2.45. The van der Waals surface area contributed by atoms with Crippen LogP contribution in [-0.4, -0.2) is 4.98 Å². The number of nitriles is 1. The molecule has 1 aromatic heterocycles. The van der Waals surface area contributed by atoms with Crippen LogP contribution in [0.15, 0.2) is 36.5 Å². The number of rotatable bonds is 3. The standard InChI is InChI=1S/C15H11F3N2O/c1-10-3-2-6-20-13(10)9-21-14-5-4-11(8-19)7-12(14)15(16,17)18/h2-7H,9H2,1H3. The summed E-state index contributed by atoms with van der Waals surface area (Å²) in [4.78, 5) is 4.06. The van der Waals surface area contributed by atoms with Crippen LogP contribution in [0.25, 0.3) is 0 Å². The van der Waals surface area contributed by atoms with E-state index < -0.39 is 11.7 Å². The van der Waals surface area contributed by atoms with E-state index in [1.165, 1.54) is 6.07 Å². The number of alkyl halides is 3. The van der Waals surface area contributed by atoms with Crippen LogP contribution in [-0.2, 0) is 12.8 Å². The van der Waals surface area contributed by atoms with E-state index in [9.17, 15) is 13.2 Å². The summed E-state index contributed by atoms with van der Waals surface area (Å²) >= 11 is 0. The van der Waals surface area contributed by atoms with Crippen LogP contribution in [0.3, 0.4) is 0 Å². The van der Waals surface area contributed by atoms with Crippen LogP contribution in [0.2, 0.25) is 0 Å². The van der Waals surface area contributed by atoms with Crippen LogP contribution >= 0.6 is 0 Å². The van der Waals surface area contributed by atoms with E-state index in [2.05, 4.69) is 4.98 Å².